The molecule has 3 nitrogen and oxygen atoms in total. The van der Waals surface area contributed by atoms with Crippen molar-refractivity contribution in [1.82, 2.24) is 4.90 Å². The zero-order valence-electron chi connectivity index (χ0n) is 11.0. The number of carbonyl (C=O) groups excluding carboxylic acids is 1. The number of rotatable bonds is 7. The van der Waals surface area contributed by atoms with Crippen molar-refractivity contribution < 1.29 is 9.90 Å². The molecule has 0 radical (unpaired) electrons. The van der Waals surface area contributed by atoms with Crippen LogP contribution in [0.1, 0.15) is 32.3 Å². The van der Waals surface area contributed by atoms with Crippen LogP contribution >= 0.6 is 11.3 Å². The molecule has 0 aliphatic carbocycles. The lowest BCUT2D eigenvalue weighted by molar-refractivity contribution is -0.134. The SMILES string of the molecule is CC=CCC(=O)N(Cc1ccsc1)C(CC)CO. The van der Waals surface area contributed by atoms with Crippen molar-refractivity contribution in [1.29, 1.82) is 0 Å². The average Bonchev–Trinajstić information content (AvgIpc) is 2.89. The van der Waals surface area contributed by atoms with Gasteiger partial charge in [-0.1, -0.05) is 19.1 Å². The first kappa shape index (κ1) is 14.9. The minimum absolute atomic E-state index is 0.0161. The third-order valence-electron chi connectivity index (χ3n) is 2.90. The lowest BCUT2D eigenvalue weighted by atomic mass is 10.1. The van der Waals surface area contributed by atoms with E-state index in [1.807, 2.05) is 42.8 Å². The summed E-state index contributed by atoms with van der Waals surface area (Å²) in [4.78, 5) is 13.9. The molecule has 100 valence electrons. The summed E-state index contributed by atoms with van der Waals surface area (Å²) in [5.74, 6) is 0.0696. The molecule has 0 spiro atoms. The number of aliphatic hydroxyl groups excluding tert-OH is 1. The van der Waals surface area contributed by atoms with Crippen LogP contribution in [0, 0.1) is 0 Å². The van der Waals surface area contributed by atoms with Crippen LogP contribution in [0.15, 0.2) is 29.0 Å². The van der Waals surface area contributed by atoms with Crippen LogP contribution in [0.3, 0.4) is 0 Å². The second kappa shape index (κ2) is 8.06. The van der Waals surface area contributed by atoms with Crippen LogP contribution in [0.5, 0.6) is 0 Å². The van der Waals surface area contributed by atoms with Gasteiger partial charge in [-0.05, 0) is 35.7 Å². The molecule has 1 unspecified atom stereocenters. The molecular formula is C14H21NO2S. The smallest absolute Gasteiger partial charge is 0.226 e. The highest BCUT2D eigenvalue weighted by atomic mass is 32.1. The Morgan fingerprint density at radius 2 is 2.39 bits per heavy atom. The predicted octanol–water partition coefficient (Wildman–Crippen LogP) is 2.81. The van der Waals surface area contributed by atoms with Crippen molar-refractivity contribution >= 4 is 17.2 Å². The normalized spacial score (nSPS) is 12.8. The molecule has 0 bridgehead atoms. The van der Waals surface area contributed by atoms with E-state index in [4.69, 9.17) is 0 Å². The van der Waals surface area contributed by atoms with Crippen LogP contribution in [-0.2, 0) is 11.3 Å². The molecule has 0 fully saturated rings. The minimum Gasteiger partial charge on any atom is -0.394 e. The number of carbonyl (C=O) groups is 1. The third-order valence-corrected chi connectivity index (χ3v) is 3.64. The summed E-state index contributed by atoms with van der Waals surface area (Å²) in [6.07, 6.45) is 4.90. The monoisotopic (exact) mass is 267 g/mol. The average molecular weight is 267 g/mol. The minimum atomic E-state index is -0.0948. The summed E-state index contributed by atoms with van der Waals surface area (Å²) >= 11 is 1.62. The summed E-state index contributed by atoms with van der Waals surface area (Å²) in [5.41, 5.74) is 1.13. The molecule has 1 aromatic heterocycles. The van der Waals surface area contributed by atoms with Crippen LogP contribution in [0.2, 0.25) is 0 Å². The Morgan fingerprint density at radius 3 is 2.89 bits per heavy atom. The van der Waals surface area contributed by atoms with Crippen molar-refractivity contribution in [2.75, 3.05) is 6.61 Å². The van der Waals surface area contributed by atoms with E-state index in [2.05, 4.69) is 0 Å². The van der Waals surface area contributed by atoms with E-state index >= 15 is 0 Å². The molecule has 0 aromatic carbocycles. The van der Waals surface area contributed by atoms with Gasteiger partial charge in [0.25, 0.3) is 0 Å². The Labute approximate surface area is 113 Å². The molecule has 1 rings (SSSR count). The van der Waals surface area contributed by atoms with Gasteiger partial charge in [-0.3, -0.25) is 4.79 Å². The Hall–Kier alpha value is -1.13. The van der Waals surface area contributed by atoms with Gasteiger partial charge in [-0.25, -0.2) is 0 Å². The van der Waals surface area contributed by atoms with E-state index in [9.17, 15) is 9.90 Å². The van der Waals surface area contributed by atoms with Gasteiger partial charge in [-0.2, -0.15) is 11.3 Å². The molecule has 0 aliphatic heterocycles. The lowest BCUT2D eigenvalue weighted by Crippen LogP contribution is -2.41. The molecule has 1 amide bonds. The van der Waals surface area contributed by atoms with Gasteiger partial charge in [-0.15, -0.1) is 0 Å². The van der Waals surface area contributed by atoms with Crippen LogP contribution in [0.4, 0.5) is 0 Å². The molecule has 0 aliphatic rings. The number of hydrogen-bond donors (Lipinski definition) is 1. The summed E-state index contributed by atoms with van der Waals surface area (Å²) in [7, 11) is 0. The van der Waals surface area contributed by atoms with Gasteiger partial charge in [0.2, 0.25) is 5.91 Å². The highest BCUT2D eigenvalue weighted by Crippen LogP contribution is 2.15. The Morgan fingerprint density at radius 1 is 1.61 bits per heavy atom. The molecule has 1 heterocycles. The molecule has 1 aromatic rings. The van der Waals surface area contributed by atoms with E-state index in [0.29, 0.717) is 13.0 Å². The number of amides is 1. The quantitative estimate of drug-likeness (QED) is 0.772. The molecule has 1 atom stereocenters. The maximum atomic E-state index is 12.2. The van der Waals surface area contributed by atoms with Gasteiger partial charge >= 0.3 is 0 Å². The summed E-state index contributed by atoms with van der Waals surface area (Å²) in [5, 5.41) is 13.4. The zero-order chi connectivity index (χ0) is 13.4. The lowest BCUT2D eigenvalue weighted by Gasteiger charge is -2.29. The van der Waals surface area contributed by atoms with Crippen molar-refractivity contribution in [2.45, 2.75) is 39.3 Å². The molecule has 1 N–H and O–H groups in total. The number of allylic oxidation sites excluding steroid dienone is 1. The standard InChI is InChI=1S/C14H21NO2S/c1-3-5-6-14(17)15(13(4-2)10-16)9-12-7-8-18-11-12/h3,5,7-8,11,13,16H,4,6,9-10H2,1-2H3. The summed E-state index contributed by atoms with van der Waals surface area (Å²) < 4.78 is 0. The number of hydrogen-bond acceptors (Lipinski definition) is 3. The Bertz CT molecular complexity index is 369. The van der Waals surface area contributed by atoms with Gasteiger partial charge < -0.3 is 10.0 Å². The van der Waals surface area contributed by atoms with E-state index in [1.165, 1.54) is 0 Å². The van der Waals surface area contributed by atoms with Crippen molar-refractivity contribution in [3.05, 3.63) is 34.5 Å². The first-order valence-corrected chi connectivity index (χ1v) is 7.19. The Balaban J connectivity index is 2.76. The fourth-order valence-electron chi connectivity index (χ4n) is 1.78. The van der Waals surface area contributed by atoms with Crippen molar-refractivity contribution in [2.24, 2.45) is 0 Å². The van der Waals surface area contributed by atoms with Crippen molar-refractivity contribution in [3.63, 3.8) is 0 Å². The number of aliphatic hydroxyl groups is 1. The van der Waals surface area contributed by atoms with Crippen LogP contribution in [-0.4, -0.2) is 28.6 Å². The highest BCUT2D eigenvalue weighted by Gasteiger charge is 2.21. The molecule has 4 heteroatoms. The predicted molar refractivity (Wildman–Crippen MR) is 75.5 cm³/mol. The molecular weight excluding hydrogens is 246 g/mol. The third kappa shape index (κ3) is 4.27. The highest BCUT2D eigenvalue weighted by molar-refractivity contribution is 7.07. The zero-order valence-corrected chi connectivity index (χ0v) is 11.8. The van der Waals surface area contributed by atoms with Crippen LogP contribution < -0.4 is 0 Å². The van der Waals surface area contributed by atoms with E-state index in [1.54, 1.807) is 16.2 Å². The van der Waals surface area contributed by atoms with Crippen molar-refractivity contribution in [3.8, 4) is 0 Å². The fraction of sp³-hybridized carbons (Fsp3) is 0.500. The van der Waals surface area contributed by atoms with E-state index in [0.717, 1.165) is 12.0 Å². The maximum absolute atomic E-state index is 12.2. The van der Waals surface area contributed by atoms with Gasteiger partial charge in [0.05, 0.1) is 12.6 Å². The van der Waals surface area contributed by atoms with Gasteiger partial charge in [0.15, 0.2) is 0 Å². The second-order valence-corrected chi connectivity index (χ2v) is 4.95. The topological polar surface area (TPSA) is 40.5 Å². The first-order valence-electron chi connectivity index (χ1n) is 6.25. The molecule has 0 saturated heterocycles. The summed E-state index contributed by atoms with van der Waals surface area (Å²) in [6, 6.07) is 1.92. The first-order chi connectivity index (χ1) is 8.72. The fourth-order valence-corrected chi connectivity index (χ4v) is 2.44. The number of thiophene rings is 1. The van der Waals surface area contributed by atoms with E-state index in [-0.39, 0.29) is 18.6 Å². The Kier molecular flexibility index (Phi) is 6.68. The summed E-state index contributed by atoms with van der Waals surface area (Å²) in [6.45, 7) is 4.49. The van der Waals surface area contributed by atoms with E-state index < -0.39 is 0 Å². The molecule has 0 saturated carbocycles. The molecule has 18 heavy (non-hydrogen) atoms. The second-order valence-electron chi connectivity index (χ2n) is 4.17. The van der Waals surface area contributed by atoms with Gasteiger partial charge in [0.1, 0.15) is 0 Å². The maximum Gasteiger partial charge on any atom is 0.226 e. The largest absolute Gasteiger partial charge is 0.394 e. The van der Waals surface area contributed by atoms with Gasteiger partial charge in [0, 0.05) is 13.0 Å². The number of nitrogens with zero attached hydrogens (tertiary/aromatic N) is 1. The van der Waals surface area contributed by atoms with Crippen LogP contribution in [0.25, 0.3) is 0 Å².